The number of guanidine groups is 1. The SMILES string of the molecule is CCNC(=NCCc1ccc2c(c1)OCO2)NCCc1cnn(-c2ccccc2)c1. The molecular weight excluding hydrogens is 378 g/mol. The van der Waals surface area contributed by atoms with Crippen molar-refractivity contribution < 1.29 is 9.47 Å². The molecule has 0 spiro atoms. The minimum absolute atomic E-state index is 0.301. The van der Waals surface area contributed by atoms with Crippen LogP contribution in [0, 0.1) is 0 Å². The van der Waals surface area contributed by atoms with Crippen LogP contribution in [0.3, 0.4) is 0 Å². The van der Waals surface area contributed by atoms with E-state index in [9.17, 15) is 0 Å². The van der Waals surface area contributed by atoms with Gasteiger partial charge < -0.3 is 20.1 Å². The number of ether oxygens (including phenoxy) is 2. The summed E-state index contributed by atoms with van der Waals surface area (Å²) in [5.74, 6) is 2.46. The third-order valence-corrected chi connectivity index (χ3v) is 4.81. The summed E-state index contributed by atoms with van der Waals surface area (Å²) >= 11 is 0. The van der Waals surface area contributed by atoms with Crippen molar-refractivity contribution in [1.29, 1.82) is 0 Å². The van der Waals surface area contributed by atoms with E-state index < -0.39 is 0 Å². The summed E-state index contributed by atoms with van der Waals surface area (Å²) in [6.45, 7) is 4.67. The van der Waals surface area contributed by atoms with Crippen molar-refractivity contribution in [1.82, 2.24) is 20.4 Å². The van der Waals surface area contributed by atoms with Crippen molar-refractivity contribution in [3.05, 3.63) is 72.1 Å². The summed E-state index contributed by atoms with van der Waals surface area (Å²) in [6.07, 6.45) is 5.70. The Bertz CT molecular complexity index is 984. The monoisotopic (exact) mass is 405 g/mol. The molecule has 3 aromatic rings. The smallest absolute Gasteiger partial charge is 0.231 e. The van der Waals surface area contributed by atoms with Crippen molar-refractivity contribution in [2.45, 2.75) is 19.8 Å². The van der Waals surface area contributed by atoms with Crippen LogP contribution < -0.4 is 20.1 Å². The zero-order chi connectivity index (χ0) is 20.6. The van der Waals surface area contributed by atoms with E-state index in [2.05, 4.69) is 39.9 Å². The normalized spacial score (nSPS) is 12.8. The molecule has 0 atom stereocenters. The first-order valence-corrected chi connectivity index (χ1v) is 10.3. The number of hydrogen-bond donors (Lipinski definition) is 2. The molecule has 2 N–H and O–H groups in total. The fourth-order valence-corrected chi connectivity index (χ4v) is 3.27. The molecule has 0 saturated carbocycles. The first-order valence-electron chi connectivity index (χ1n) is 10.3. The van der Waals surface area contributed by atoms with E-state index in [1.807, 2.05) is 53.3 Å². The first kappa shape index (κ1) is 19.8. The molecule has 4 rings (SSSR count). The molecule has 2 heterocycles. The highest BCUT2D eigenvalue weighted by Gasteiger charge is 2.12. The second-order valence-electron chi connectivity index (χ2n) is 7.00. The number of nitrogens with one attached hydrogen (secondary N) is 2. The maximum Gasteiger partial charge on any atom is 0.231 e. The zero-order valence-electron chi connectivity index (χ0n) is 17.2. The van der Waals surface area contributed by atoms with Gasteiger partial charge in [-0.25, -0.2) is 4.68 Å². The van der Waals surface area contributed by atoms with Crippen LogP contribution >= 0.6 is 0 Å². The highest BCUT2D eigenvalue weighted by Crippen LogP contribution is 2.32. The third kappa shape index (κ3) is 5.11. The van der Waals surface area contributed by atoms with Gasteiger partial charge in [0.05, 0.1) is 11.9 Å². The molecule has 0 aliphatic carbocycles. The van der Waals surface area contributed by atoms with Crippen LogP contribution in [0.5, 0.6) is 11.5 Å². The lowest BCUT2D eigenvalue weighted by molar-refractivity contribution is 0.174. The molecule has 1 aliphatic rings. The van der Waals surface area contributed by atoms with Gasteiger partial charge in [-0.05, 0) is 55.2 Å². The van der Waals surface area contributed by atoms with E-state index in [1.165, 1.54) is 11.1 Å². The lowest BCUT2D eigenvalue weighted by Gasteiger charge is -2.11. The quantitative estimate of drug-likeness (QED) is 0.445. The van der Waals surface area contributed by atoms with Gasteiger partial charge in [-0.3, -0.25) is 4.99 Å². The van der Waals surface area contributed by atoms with Crippen molar-refractivity contribution in [2.24, 2.45) is 4.99 Å². The van der Waals surface area contributed by atoms with E-state index in [-0.39, 0.29) is 0 Å². The molecule has 30 heavy (non-hydrogen) atoms. The highest BCUT2D eigenvalue weighted by atomic mass is 16.7. The molecule has 0 amide bonds. The zero-order valence-corrected chi connectivity index (χ0v) is 17.2. The first-order chi connectivity index (χ1) is 14.8. The van der Waals surface area contributed by atoms with Crippen molar-refractivity contribution in [2.75, 3.05) is 26.4 Å². The van der Waals surface area contributed by atoms with Crippen LogP contribution in [-0.4, -0.2) is 42.2 Å². The molecule has 0 radical (unpaired) electrons. The van der Waals surface area contributed by atoms with Crippen LogP contribution in [0.4, 0.5) is 0 Å². The molecule has 0 bridgehead atoms. The van der Waals surface area contributed by atoms with Crippen LogP contribution in [0.15, 0.2) is 65.9 Å². The van der Waals surface area contributed by atoms with Gasteiger partial charge in [0.25, 0.3) is 0 Å². The number of para-hydroxylation sites is 1. The van der Waals surface area contributed by atoms with Crippen LogP contribution in [0.2, 0.25) is 0 Å². The van der Waals surface area contributed by atoms with Crippen molar-refractivity contribution in [3.8, 4) is 17.2 Å². The van der Waals surface area contributed by atoms with Crippen LogP contribution in [-0.2, 0) is 12.8 Å². The summed E-state index contributed by atoms with van der Waals surface area (Å²) < 4.78 is 12.7. The Kier molecular flexibility index (Phi) is 6.49. The topological polar surface area (TPSA) is 72.7 Å². The number of fused-ring (bicyclic) bond motifs is 1. The fraction of sp³-hybridized carbons (Fsp3) is 0.304. The molecule has 7 heteroatoms. The molecule has 156 valence electrons. The predicted octanol–water partition coefficient (Wildman–Crippen LogP) is 2.94. The molecule has 0 unspecified atom stereocenters. The second-order valence-corrected chi connectivity index (χ2v) is 7.00. The maximum absolute atomic E-state index is 5.44. The van der Waals surface area contributed by atoms with E-state index >= 15 is 0 Å². The maximum atomic E-state index is 5.44. The van der Waals surface area contributed by atoms with Gasteiger partial charge >= 0.3 is 0 Å². The molecule has 0 fully saturated rings. The minimum atomic E-state index is 0.301. The van der Waals surface area contributed by atoms with E-state index in [0.29, 0.717) is 13.3 Å². The van der Waals surface area contributed by atoms with E-state index in [1.54, 1.807) is 0 Å². The Morgan fingerprint density at radius 2 is 1.90 bits per heavy atom. The largest absolute Gasteiger partial charge is 0.454 e. The summed E-state index contributed by atoms with van der Waals surface area (Å²) in [4.78, 5) is 4.69. The Morgan fingerprint density at radius 3 is 2.77 bits per heavy atom. The lowest BCUT2D eigenvalue weighted by atomic mass is 10.1. The molecule has 1 aliphatic heterocycles. The van der Waals surface area contributed by atoms with E-state index in [4.69, 9.17) is 9.47 Å². The average molecular weight is 406 g/mol. The third-order valence-electron chi connectivity index (χ3n) is 4.81. The summed E-state index contributed by atoms with van der Waals surface area (Å²) in [6, 6.07) is 16.2. The molecule has 1 aromatic heterocycles. The van der Waals surface area contributed by atoms with Crippen molar-refractivity contribution in [3.63, 3.8) is 0 Å². The van der Waals surface area contributed by atoms with Gasteiger partial charge in [0.2, 0.25) is 6.79 Å². The van der Waals surface area contributed by atoms with Crippen LogP contribution in [0.25, 0.3) is 5.69 Å². The van der Waals surface area contributed by atoms with Crippen molar-refractivity contribution >= 4 is 5.96 Å². The Hall–Kier alpha value is -3.48. The highest BCUT2D eigenvalue weighted by molar-refractivity contribution is 5.79. The van der Waals surface area contributed by atoms with Gasteiger partial charge in [0.1, 0.15) is 0 Å². The molecule has 7 nitrogen and oxygen atoms in total. The van der Waals surface area contributed by atoms with Gasteiger partial charge in [0, 0.05) is 25.8 Å². The number of rotatable bonds is 8. The average Bonchev–Trinajstić information content (AvgIpc) is 3.43. The summed E-state index contributed by atoms with van der Waals surface area (Å²) in [5, 5.41) is 11.2. The van der Waals surface area contributed by atoms with Gasteiger partial charge in [-0.1, -0.05) is 24.3 Å². The Balaban J connectivity index is 1.27. The summed E-state index contributed by atoms with van der Waals surface area (Å²) in [5.41, 5.74) is 3.44. The van der Waals surface area contributed by atoms with Gasteiger partial charge in [0.15, 0.2) is 17.5 Å². The van der Waals surface area contributed by atoms with E-state index in [0.717, 1.165) is 49.1 Å². The fourth-order valence-electron chi connectivity index (χ4n) is 3.27. The molecule has 2 aromatic carbocycles. The standard InChI is InChI=1S/C23H27N5O2/c1-2-24-23(25-12-10-18-8-9-21-22(14-18)30-17-29-21)26-13-11-19-15-27-28(16-19)20-6-4-3-5-7-20/h3-9,14-16H,2,10-13,17H2,1H3,(H2,24,25,26). The Morgan fingerprint density at radius 1 is 1.03 bits per heavy atom. The molecular formula is C23H27N5O2. The predicted molar refractivity (Wildman–Crippen MR) is 118 cm³/mol. The Labute approximate surface area is 176 Å². The summed E-state index contributed by atoms with van der Waals surface area (Å²) in [7, 11) is 0. The van der Waals surface area contributed by atoms with Crippen LogP contribution in [0.1, 0.15) is 18.1 Å². The lowest BCUT2D eigenvalue weighted by Crippen LogP contribution is -2.38. The number of benzene rings is 2. The number of nitrogens with zero attached hydrogens (tertiary/aromatic N) is 3. The van der Waals surface area contributed by atoms with Gasteiger partial charge in [-0.2, -0.15) is 5.10 Å². The second kappa shape index (κ2) is 9.82. The minimum Gasteiger partial charge on any atom is -0.454 e. The number of aromatic nitrogens is 2. The number of hydrogen-bond acceptors (Lipinski definition) is 4. The van der Waals surface area contributed by atoms with Gasteiger partial charge in [-0.15, -0.1) is 0 Å². The number of aliphatic imine (C=N–C) groups is 1. The molecule has 0 saturated heterocycles.